The van der Waals surface area contributed by atoms with E-state index in [1.54, 1.807) is 0 Å². The maximum Gasteiger partial charge on any atom is 0.324 e. The third-order valence-corrected chi connectivity index (χ3v) is 3.12. The number of fused-ring (bicyclic) bond motifs is 1. The van der Waals surface area contributed by atoms with E-state index in [2.05, 4.69) is 4.98 Å². The van der Waals surface area contributed by atoms with E-state index in [9.17, 15) is 22.0 Å². The Hall–Kier alpha value is -1.15. The molecule has 0 amide bonds. The number of rotatable bonds is 3. The second kappa shape index (κ2) is 4.75. The summed E-state index contributed by atoms with van der Waals surface area (Å²) in [6, 6.07) is 2.02. The largest absolute Gasteiger partial charge is 0.331 e. The third-order valence-electron chi connectivity index (χ3n) is 2.50. The fraction of sp³-hybridized carbons (Fsp3) is 0.300. The first-order valence-electron chi connectivity index (χ1n) is 4.96. The summed E-state index contributed by atoms with van der Waals surface area (Å²) in [7, 11) is 0. The van der Waals surface area contributed by atoms with E-state index in [1.807, 2.05) is 0 Å². The summed E-state index contributed by atoms with van der Waals surface area (Å²) in [6.45, 7) is -1.34. The summed E-state index contributed by atoms with van der Waals surface area (Å²) in [5.41, 5.74) is 0.147. The van der Waals surface area contributed by atoms with Gasteiger partial charge in [-0.25, -0.2) is 13.2 Å². The van der Waals surface area contributed by atoms with Gasteiger partial charge in [-0.3, -0.25) is 0 Å². The van der Waals surface area contributed by atoms with Gasteiger partial charge in [0.25, 0.3) is 0 Å². The Bertz CT molecular complexity index is 678. The number of aromatic nitrogens is 2. The van der Waals surface area contributed by atoms with Gasteiger partial charge in [0.2, 0.25) is 0 Å². The number of imidazole rings is 1. The lowest BCUT2D eigenvalue weighted by molar-refractivity contribution is -0.137. The maximum absolute atomic E-state index is 13.3. The molecule has 2 aromatic rings. The van der Waals surface area contributed by atoms with Gasteiger partial charge in [0.05, 0.1) is 22.6 Å². The molecule has 0 aliphatic heterocycles. The maximum atomic E-state index is 13.3. The molecule has 0 saturated heterocycles. The number of halogens is 6. The summed E-state index contributed by atoms with van der Waals surface area (Å²) in [5, 5.41) is -0.225. The smallest absolute Gasteiger partial charge is 0.324 e. The molecule has 2 rings (SSSR count). The standard InChI is InChI=1S/C10H6ClF5N2S/c11-4-1-6-7(2-5(4)12)18(9(19)17-6)3-10(15,16)8(13)14/h1-2,8H,3H2,(H,17,19). The van der Waals surface area contributed by atoms with Gasteiger partial charge < -0.3 is 9.55 Å². The van der Waals surface area contributed by atoms with Crippen LogP contribution >= 0.6 is 23.8 Å². The SMILES string of the molecule is Fc1cc2c(cc1Cl)[nH]c(=S)n2CC(F)(F)C(F)F. The molecule has 0 fully saturated rings. The van der Waals surface area contributed by atoms with Crippen LogP contribution in [0.3, 0.4) is 0 Å². The normalized spacial score (nSPS) is 12.6. The van der Waals surface area contributed by atoms with Gasteiger partial charge in [0, 0.05) is 6.07 Å². The van der Waals surface area contributed by atoms with Gasteiger partial charge in [-0.2, -0.15) is 8.78 Å². The van der Waals surface area contributed by atoms with Crippen LogP contribution in [-0.2, 0) is 6.54 Å². The number of hydrogen-bond donors (Lipinski definition) is 1. The first-order chi connectivity index (χ1) is 8.72. The van der Waals surface area contributed by atoms with Gasteiger partial charge in [-0.1, -0.05) is 11.6 Å². The number of nitrogens with zero attached hydrogens (tertiary/aromatic N) is 1. The molecule has 0 atom stereocenters. The molecule has 0 aliphatic rings. The average Bonchev–Trinajstić information content (AvgIpc) is 2.56. The molecular weight excluding hydrogens is 311 g/mol. The van der Waals surface area contributed by atoms with Gasteiger partial charge in [-0.05, 0) is 18.3 Å². The molecule has 0 bridgehead atoms. The van der Waals surface area contributed by atoms with E-state index < -0.39 is 24.7 Å². The van der Waals surface area contributed by atoms with Crippen LogP contribution in [0.4, 0.5) is 22.0 Å². The van der Waals surface area contributed by atoms with E-state index >= 15 is 0 Å². The Kier molecular flexibility index (Phi) is 3.57. The number of H-pyrrole nitrogens is 1. The topological polar surface area (TPSA) is 20.7 Å². The molecule has 0 unspecified atom stereocenters. The minimum Gasteiger partial charge on any atom is -0.331 e. The number of aromatic amines is 1. The van der Waals surface area contributed by atoms with Crippen LogP contribution in [0.1, 0.15) is 0 Å². The number of alkyl halides is 4. The molecule has 19 heavy (non-hydrogen) atoms. The van der Waals surface area contributed by atoms with E-state index in [1.165, 1.54) is 0 Å². The highest BCUT2D eigenvalue weighted by Crippen LogP contribution is 2.28. The zero-order valence-corrected chi connectivity index (χ0v) is 10.6. The predicted octanol–water partition coefficient (Wildman–Crippen LogP) is 4.39. The van der Waals surface area contributed by atoms with Crippen molar-refractivity contribution in [1.29, 1.82) is 0 Å². The van der Waals surface area contributed by atoms with Crippen LogP contribution in [0.25, 0.3) is 11.0 Å². The molecule has 9 heteroatoms. The molecule has 0 spiro atoms. The monoisotopic (exact) mass is 316 g/mol. The van der Waals surface area contributed by atoms with Crippen molar-refractivity contribution in [2.45, 2.75) is 18.9 Å². The van der Waals surface area contributed by atoms with Crippen LogP contribution in [0.2, 0.25) is 5.02 Å². The van der Waals surface area contributed by atoms with E-state index in [0.717, 1.165) is 16.7 Å². The lowest BCUT2D eigenvalue weighted by atomic mass is 10.3. The second-order valence-electron chi connectivity index (χ2n) is 3.86. The van der Waals surface area contributed by atoms with Gasteiger partial charge >= 0.3 is 12.3 Å². The van der Waals surface area contributed by atoms with Crippen LogP contribution in [0.5, 0.6) is 0 Å². The highest BCUT2D eigenvalue weighted by atomic mass is 35.5. The van der Waals surface area contributed by atoms with Crippen molar-refractivity contribution < 1.29 is 22.0 Å². The van der Waals surface area contributed by atoms with Crippen molar-refractivity contribution in [1.82, 2.24) is 9.55 Å². The molecule has 0 aliphatic carbocycles. The fourth-order valence-electron chi connectivity index (χ4n) is 1.59. The van der Waals surface area contributed by atoms with Crippen LogP contribution in [0.15, 0.2) is 12.1 Å². The highest BCUT2D eigenvalue weighted by molar-refractivity contribution is 7.71. The van der Waals surface area contributed by atoms with Crippen LogP contribution in [-0.4, -0.2) is 21.9 Å². The van der Waals surface area contributed by atoms with E-state index in [0.29, 0.717) is 0 Å². The second-order valence-corrected chi connectivity index (χ2v) is 4.66. The molecule has 1 N–H and O–H groups in total. The molecule has 1 heterocycles. The van der Waals surface area contributed by atoms with Crippen molar-refractivity contribution in [3.8, 4) is 0 Å². The highest BCUT2D eigenvalue weighted by Gasteiger charge is 2.41. The Morgan fingerprint density at radius 1 is 1.37 bits per heavy atom. The van der Waals surface area contributed by atoms with Crippen molar-refractivity contribution in [3.05, 3.63) is 27.7 Å². The van der Waals surface area contributed by atoms with Gasteiger partial charge in [-0.15, -0.1) is 0 Å². The summed E-state index contributed by atoms with van der Waals surface area (Å²) in [6.07, 6.45) is -3.84. The average molecular weight is 317 g/mol. The first kappa shape index (κ1) is 14.3. The molecule has 2 nitrogen and oxygen atoms in total. The zero-order chi connectivity index (χ0) is 14.4. The summed E-state index contributed by atoms with van der Waals surface area (Å²) in [4.78, 5) is 2.51. The summed E-state index contributed by atoms with van der Waals surface area (Å²) < 4.78 is 64.3. The molecule has 104 valence electrons. The van der Waals surface area contributed by atoms with E-state index in [-0.39, 0.29) is 20.8 Å². The first-order valence-corrected chi connectivity index (χ1v) is 5.74. The lowest BCUT2D eigenvalue weighted by Gasteiger charge is -2.16. The van der Waals surface area contributed by atoms with Crippen LogP contribution in [0, 0.1) is 10.6 Å². The molecule has 0 saturated carbocycles. The minimum absolute atomic E-state index is 0.0489. The van der Waals surface area contributed by atoms with Crippen molar-refractivity contribution in [3.63, 3.8) is 0 Å². The quantitative estimate of drug-likeness (QED) is 0.658. The number of nitrogens with one attached hydrogen (secondary N) is 1. The van der Waals surface area contributed by atoms with Gasteiger partial charge in [0.15, 0.2) is 4.77 Å². The zero-order valence-electron chi connectivity index (χ0n) is 9.06. The summed E-state index contributed by atoms with van der Waals surface area (Å²) >= 11 is 10.3. The Balaban J connectivity index is 2.58. The molecule has 1 aromatic carbocycles. The predicted molar refractivity (Wildman–Crippen MR) is 63.0 cm³/mol. The van der Waals surface area contributed by atoms with Crippen molar-refractivity contribution >= 4 is 34.9 Å². The van der Waals surface area contributed by atoms with Gasteiger partial charge in [0.1, 0.15) is 5.82 Å². The Morgan fingerprint density at radius 3 is 2.58 bits per heavy atom. The van der Waals surface area contributed by atoms with Crippen molar-refractivity contribution in [2.75, 3.05) is 0 Å². The Morgan fingerprint density at radius 2 is 2.00 bits per heavy atom. The number of benzene rings is 1. The summed E-state index contributed by atoms with van der Waals surface area (Å²) in [5.74, 6) is -5.11. The fourth-order valence-corrected chi connectivity index (χ4v) is 2.03. The lowest BCUT2D eigenvalue weighted by Crippen LogP contribution is -2.32. The molecular formula is C10H6ClF5N2S. The minimum atomic E-state index is -4.26. The van der Waals surface area contributed by atoms with E-state index in [4.69, 9.17) is 23.8 Å². The third kappa shape index (κ3) is 2.59. The number of hydrogen-bond acceptors (Lipinski definition) is 1. The molecule has 0 radical (unpaired) electrons. The molecule has 1 aromatic heterocycles. The van der Waals surface area contributed by atoms with Crippen molar-refractivity contribution in [2.24, 2.45) is 0 Å². The van der Waals surface area contributed by atoms with Crippen LogP contribution < -0.4 is 0 Å². The Labute approximate surface area is 113 Å².